The highest BCUT2D eigenvalue weighted by Crippen LogP contribution is 2.35. The van der Waals surface area contributed by atoms with E-state index in [0.717, 1.165) is 19.3 Å². The van der Waals surface area contributed by atoms with E-state index < -0.39 is 20.0 Å². The van der Waals surface area contributed by atoms with E-state index in [1.54, 1.807) is 0 Å². The Morgan fingerprint density at radius 2 is 1.57 bits per heavy atom. The van der Waals surface area contributed by atoms with Crippen LogP contribution in [0.1, 0.15) is 90.4 Å². The number of aliphatic hydroxyl groups excluding tert-OH is 1. The Kier molecular flexibility index (Phi) is 17.1. The average Bonchev–Trinajstić information content (AvgIpc) is 2.61. The Hall–Kier alpha value is -0.500. The van der Waals surface area contributed by atoms with Gasteiger partial charge in [0.15, 0.2) is 0 Å². The highest BCUT2D eigenvalue weighted by Gasteiger charge is 2.20. The number of carbonyl (C=O) groups excluding carboxylic acids is 1. The second-order valence-electron chi connectivity index (χ2n) is 7.46. The van der Waals surface area contributed by atoms with E-state index in [2.05, 4.69) is 16.8 Å². The standard InChI is InChI=1S/C19H41N2O6P/c1-2-3-4-5-6-7-8-9-10-13-18(22)15-19(23)21-17(12-11-14-20)16-27-28(24,25)26/h17-18,22H,2-16,20H2,1H3,(H,21,23)(H2,24,25,26)/t17-,18-/m1/s1. The summed E-state index contributed by atoms with van der Waals surface area (Å²) >= 11 is 0. The van der Waals surface area contributed by atoms with Gasteiger partial charge in [0.1, 0.15) is 0 Å². The van der Waals surface area contributed by atoms with Crippen LogP contribution in [-0.2, 0) is 13.9 Å². The quantitative estimate of drug-likeness (QED) is 0.158. The van der Waals surface area contributed by atoms with Crippen molar-refractivity contribution in [1.29, 1.82) is 0 Å². The number of rotatable bonds is 19. The van der Waals surface area contributed by atoms with E-state index in [1.165, 1.54) is 38.5 Å². The molecule has 0 saturated heterocycles. The first kappa shape index (κ1) is 27.5. The second kappa shape index (κ2) is 17.4. The van der Waals surface area contributed by atoms with E-state index in [-0.39, 0.29) is 18.9 Å². The van der Waals surface area contributed by atoms with Crippen molar-refractivity contribution in [2.45, 2.75) is 103 Å². The van der Waals surface area contributed by atoms with Gasteiger partial charge in [-0.1, -0.05) is 64.7 Å². The maximum Gasteiger partial charge on any atom is 0.469 e. The molecule has 0 radical (unpaired) electrons. The molecule has 28 heavy (non-hydrogen) atoms. The summed E-state index contributed by atoms with van der Waals surface area (Å²) in [6.45, 7) is 2.33. The molecule has 0 heterocycles. The number of unbranched alkanes of at least 4 members (excludes halogenated alkanes) is 8. The minimum Gasteiger partial charge on any atom is -0.393 e. The topological polar surface area (TPSA) is 142 Å². The average molecular weight is 425 g/mol. The number of nitrogens with one attached hydrogen (secondary N) is 1. The summed E-state index contributed by atoms with van der Waals surface area (Å²) in [4.78, 5) is 29.7. The lowest BCUT2D eigenvalue weighted by Gasteiger charge is -2.20. The molecule has 0 spiro atoms. The van der Waals surface area contributed by atoms with Crippen molar-refractivity contribution in [3.8, 4) is 0 Å². The van der Waals surface area contributed by atoms with Crippen LogP contribution >= 0.6 is 7.82 Å². The molecule has 0 aromatic heterocycles. The van der Waals surface area contributed by atoms with Crippen LogP contribution in [0.4, 0.5) is 0 Å². The molecule has 2 atom stereocenters. The van der Waals surface area contributed by atoms with Crippen LogP contribution in [0.15, 0.2) is 0 Å². The molecular weight excluding hydrogens is 383 g/mol. The maximum atomic E-state index is 12.1. The number of amides is 1. The third-order valence-electron chi connectivity index (χ3n) is 4.63. The Morgan fingerprint density at radius 1 is 1.00 bits per heavy atom. The summed E-state index contributed by atoms with van der Waals surface area (Å²) in [6, 6.07) is -0.538. The molecule has 0 aromatic carbocycles. The van der Waals surface area contributed by atoms with Gasteiger partial charge in [0.2, 0.25) is 5.91 Å². The summed E-state index contributed by atoms with van der Waals surface area (Å²) in [5.41, 5.74) is 5.44. The minimum absolute atomic E-state index is 0.0218. The number of hydrogen-bond acceptors (Lipinski definition) is 5. The Balaban J connectivity index is 3.92. The molecule has 0 bridgehead atoms. The van der Waals surface area contributed by atoms with Crippen LogP contribution in [0.25, 0.3) is 0 Å². The van der Waals surface area contributed by atoms with Gasteiger partial charge >= 0.3 is 7.82 Å². The Morgan fingerprint density at radius 3 is 2.11 bits per heavy atom. The number of phosphoric ester groups is 1. The fourth-order valence-electron chi connectivity index (χ4n) is 3.04. The minimum atomic E-state index is -4.59. The van der Waals surface area contributed by atoms with Crippen LogP contribution in [0, 0.1) is 0 Å². The molecule has 0 aliphatic rings. The summed E-state index contributed by atoms with van der Waals surface area (Å²) in [7, 11) is -4.59. The zero-order valence-corrected chi connectivity index (χ0v) is 18.2. The molecule has 0 aliphatic heterocycles. The lowest BCUT2D eigenvalue weighted by molar-refractivity contribution is -0.124. The summed E-state index contributed by atoms with van der Waals surface area (Å²) in [5.74, 6) is -0.347. The zero-order chi connectivity index (χ0) is 21.3. The molecule has 1 amide bonds. The smallest absolute Gasteiger partial charge is 0.393 e. The Bertz CT molecular complexity index is 433. The molecule has 0 unspecified atom stereocenters. The first-order valence-electron chi connectivity index (χ1n) is 10.7. The van der Waals surface area contributed by atoms with Crippen molar-refractivity contribution in [1.82, 2.24) is 5.32 Å². The SMILES string of the molecule is CCCCCCCCCCC[C@@H](O)CC(=O)N[C@H](CCCN)COP(=O)(O)O. The number of carbonyl (C=O) groups is 1. The molecule has 9 heteroatoms. The van der Waals surface area contributed by atoms with Crippen molar-refractivity contribution < 1.29 is 28.8 Å². The first-order chi connectivity index (χ1) is 13.3. The molecule has 8 nitrogen and oxygen atoms in total. The summed E-state index contributed by atoms with van der Waals surface area (Å²) in [5, 5.41) is 12.7. The van der Waals surface area contributed by atoms with E-state index in [4.69, 9.17) is 15.5 Å². The highest BCUT2D eigenvalue weighted by molar-refractivity contribution is 7.46. The van der Waals surface area contributed by atoms with Crippen molar-refractivity contribution in [3.05, 3.63) is 0 Å². The molecule has 6 N–H and O–H groups in total. The second-order valence-corrected chi connectivity index (χ2v) is 8.70. The first-order valence-corrected chi connectivity index (χ1v) is 12.2. The normalized spacial score (nSPS) is 14.0. The maximum absolute atomic E-state index is 12.1. The van der Waals surface area contributed by atoms with Gasteiger partial charge in [-0.15, -0.1) is 0 Å². The molecule has 0 aromatic rings. The van der Waals surface area contributed by atoms with E-state index in [9.17, 15) is 14.5 Å². The van der Waals surface area contributed by atoms with Crippen LogP contribution in [-0.4, -0.2) is 46.1 Å². The van der Waals surface area contributed by atoms with E-state index in [1.807, 2.05) is 0 Å². The molecule has 0 saturated carbocycles. The third kappa shape index (κ3) is 18.8. The highest BCUT2D eigenvalue weighted by atomic mass is 31.2. The fraction of sp³-hybridized carbons (Fsp3) is 0.947. The van der Waals surface area contributed by atoms with E-state index in [0.29, 0.717) is 25.8 Å². The summed E-state index contributed by atoms with van der Waals surface area (Å²) < 4.78 is 15.3. The van der Waals surface area contributed by atoms with Gasteiger partial charge in [-0.2, -0.15) is 0 Å². The third-order valence-corrected chi connectivity index (χ3v) is 5.11. The van der Waals surface area contributed by atoms with Crippen LogP contribution in [0.2, 0.25) is 0 Å². The number of phosphoric acid groups is 1. The largest absolute Gasteiger partial charge is 0.469 e. The monoisotopic (exact) mass is 424 g/mol. The number of aliphatic hydroxyl groups is 1. The van der Waals surface area contributed by atoms with Gasteiger partial charge in [-0.05, 0) is 25.8 Å². The van der Waals surface area contributed by atoms with Crippen LogP contribution < -0.4 is 11.1 Å². The fourth-order valence-corrected chi connectivity index (χ4v) is 3.42. The van der Waals surface area contributed by atoms with Gasteiger partial charge in [-0.25, -0.2) is 4.57 Å². The Labute approximate surface area is 169 Å². The van der Waals surface area contributed by atoms with Crippen LogP contribution in [0.5, 0.6) is 0 Å². The lowest BCUT2D eigenvalue weighted by Crippen LogP contribution is -2.39. The van der Waals surface area contributed by atoms with Gasteiger partial charge < -0.3 is 25.9 Å². The van der Waals surface area contributed by atoms with Crippen molar-refractivity contribution in [3.63, 3.8) is 0 Å². The molecular formula is C19H41N2O6P. The van der Waals surface area contributed by atoms with Crippen molar-refractivity contribution in [2.75, 3.05) is 13.2 Å². The van der Waals surface area contributed by atoms with Gasteiger partial charge in [0.05, 0.1) is 25.2 Å². The predicted molar refractivity (Wildman–Crippen MR) is 111 cm³/mol. The number of hydrogen-bond donors (Lipinski definition) is 5. The predicted octanol–water partition coefficient (Wildman–Crippen LogP) is 2.99. The molecule has 0 fully saturated rings. The van der Waals surface area contributed by atoms with E-state index >= 15 is 0 Å². The summed E-state index contributed by atoms with van der Waals surface area (Å²) in [6.07, 6.45) is 11.7. The van der Waals surface area contributed by atoms with Crippen molar-refractivity contribution in [2.24, 2.45) is 5.73 Å². The van der Waals surface area contributed by atoms with Gasteiger partial charge in [0.25, 0.3) is 0 Å². The van der Waals surface area contributed by atoms with Gasteiger partial charge in [-0.3, -0.25) is 9.32 Å². The molecule has 0 aliphatic carbocycles. The number of nitrogens with two attached hydrogens (primary N) is 1. The van der Waals surface area contributed by atoms with Gasteiger partial charge in [0, 0.05) is 0 Å². The van der Waals surface area contributed by atoms with Crippen molar-refractivity contribution >= 4 is 13.7 Å². The molecule has 168 valence electrons. The zero-order valence-electron chi connectivity index (χ0n) is 17.4. The van der Waals surface area contributed by atoms with Crippen LogP contribution in [0.3, 0.4) is 0 Å². The molecule has 0 rings (SSSR count). The lowest BCUT2D eigenvalue weighted by atomic mass is 10.0.